The molecule has 1 heterocycles. The molecule has 3 aromatic carbocycles. The molecule has 5 nitrogen and oxygen atoms in total. The molecule has 0 spiro atoms. The lowest BCUT2D eigenvalue weighted by atomic mass is 9.63. The molecule has 0 saturated heterocycles. The summed E-state index contributed by atoms with van der Waals surface area (Å²) in [6.07, 6.45) is 2.34. The van der Waals surface area contributed by atoms with Crippen LogP contribution in [-0.4, -0.2) is 23.1 Å². The van der Waals surface area contributed by atoms with E-state index in [4.69, 9.17) is 21.1 Å². The molecule has 0 fully saturated rings. The molecule has 0 N–H and O–H groups in total. The highest BCUT2D eigenvalue weighted by Crippen LogP contribution is 2.55. The highest BCUT2D eigenvalue weighted by molar-refractivity contribution is 6.32. The first-order valence-corrected chi connectivity index (χ1v) is 16.3. The van der Waals surface area contributed by atoms with Gasteiger partial charge in [0.2, 0.25) is 0 Å². The monoisotopic (exact) mass is 623 g/mol. The minimum Gasteiger partial charge on any atom is -0.490 e. The average molecular weight is 624 g/mol. The lowest BCUT2D eigenvalue weighted by Gasteiger charge is -2.49. The van der Waals surface area contributed by atoms with E-state index in [0.717, 1.165) is 40.9 Å². The molecule has 3 aromatic rings. The minimum atomic E-state index is -0.519. The molecule has 0 atom stereocenters. The molecule has 2 aliphatic carbocycles. The predicted octanol–water partition coefficient (Wildman–Crippen LogP) is 9.20. The summed E-state index contributed by atoms with van der Waals surface area (Å²) in [6, 6.07) is 24.0. The molecule has 0 unspecified atom stereocenters. The van der Waals surface area contributed by atoms with Crippen LogP contribution >= 0.6 is 11.6 Å². The van der Waals surface area contributed by atoms with E-state index < -0.39 is 5.92 Å². The van der Waals surface area contributed by atoms with Gasteiger partial charge in [0.05, 0.1) is 11.6 Å². The van der Waals surface area contributed by atoms with Crippen molar-refractivity contribution in [3.8, 4) is 11.5 Å². The van der Waals surface area contributed by atoms with E-state index in [9.17, 15) is 9.59 Å². The molecule has 1 aliphatic heterocycles. The Kier molecular flexibility index (Phi) is 8.43. The smallest absolute Gasteiger partial charge is 0.180 e. The van der Waals surface area contributed by atoms with Crippen molar-refractivity contribution in [2.45, 2.75) is 79.4 Å². The first kappa shape index (κ1) is 31.2. The van der Waals surface area contributed by atoms with E-state index in [-0.39, 0.29) is 22.4 Å². The topological polar surface area (TPSA) is 55.8 Å². The van der Waals surface area contributed by atoms with Crippen molar-refractivity contribution in [3.05, 3.63) is 117 Å². The molecule has 0 radical (unpaired) electrons. The highest BCUT2D eigenvalue weighted by Gasteiger charge is 2.49. The van der Waals surface area contributed by atoms with Crippen molar-refractivity contribution in [2.24, 2.45) is 10.8 Å². The minimum absolute atomic E-state index is 0.0898. The maximum atomic E-state index is 14.2. The second-order valence-electron chi connectivity index (χ2n) is 14.1. The van der Waals surface area contributed by atoms with E-state index in [1.54, 1.807) is 0 Å². The summed E-state index contributed by atoms with van der Waals surface area (Å²) in [5.41, 5.74) is 6.01. The maximum Gasteiger partial charge on any atom is 0.180 e. The summed E-state index contributed by atoms with van der Waals surface area (Å²) in [5, 5.41) is 0.398. The van der Waals surface area contributed by atoms with Gasteiger partial charge < -0.3 is 14.4 Å². The Hall–Kier alpha value is -3.83. The molecule has 0 aromatic heterocycles. The summed E-state index contributed by atoms with van der Waals surface area (Å²) in [4.78, 5) is 30.8. The van der Waals surface area contributed by atoms with Crippen LogP contribution in [0.4, 0.5) is 0 Å². The van der Waals surface area contributed by atoms with E-state index in [1.165, 1.54) is 0 Å². The van der Waals surface area contributed by atoms with Gasteiger partial charge in [0.1, 0.15) is 6.61 Å². The molecule has 234 valence electrons. The molecule has 6 rings (SSSR count). The van der Waals surface area contributed by atoms with Gasteiger partial charge in [0, 0.05) is 47.8 Å². The summed E-state index contributed by atoms with van der Waals surface area (Å²) in [5.74, 6) is 0.635. The summed E-state index contributed by atoms with van der Waals surface area (Å²) in [7, 11) is 0. The average Bonchev–Trinajstić information content (AvgIpc) is 2.97. The number of ketones is 2. The van der Waals surface area contributed by atoms with Crippen molar-refractivity contribution in [1.82, 2.24) is 4.90 Å². The molecular formula is C39H42ClNO4. The van der Waals surface area contributed by atoms with Crippen molar-refractivity contribution >= 4 is 23.2 Å². The van der Waals surface area contributed by atoms with Gasteiger partial charge in [-0.1, -0.05) is 100.0 Å². The molecule has 0 saturated carbocycles. The second kappa shape index (κ2) is 12.2. The number of hydrogen-bond donors (Lipinski definition) is 0. The Balaban J connectivity index is 1.52. The Morgan fingerprint density at radius 2 is 1.29 bits per heavy atom. The summed E-state index contributed by atoms with van der Waals surface area (Å²) < 4.78 is 12.3. The number of hydrogen-bond acceptors (Lipinski definition) is 5. The van der Waals surface area contributed by atoms with Crippen LogP contribution in [0.25, 0.3) is 0 Å². The molecule has 3 aliphatic rings. The maximum absolute atomic E-state index is 14.2. The zero-order valence-electron chi connectivity index (χ0n) is 26.9. The summed E-state index contributed by atoms with van der Waals surface area (Å²) in [6.45, 7) is 11.9. The number of carbonyl (C=O) groups is 2. The van der Waals surface area contributed by atoms with Crippen LogP contribution in [0.3, 0.4) is 0 Å². The number of rotatable bonds is 8. The van der Waals surface area contributed by atoms with Crippen LogP contribution in [0.5, 0.6) is 11.5 Å². The van der Waals surface area contributed by atoms with Crippen LogP contribution in [0.15, 0.2) is 95.3 Å². The van der Waals surface area contributed by atoms with Gasteiger partial charge in [-0.2, -0.15) is 0 Å². The Bertz CT molecular complexity index is 1630. The van der Waals surface area contributed by atoms with Gasteiger partial charge in [0.15, 0.2) is 23.1 Å². The van der Waals surface area contributed by atoms with E-state index in [2.05, 4.69) is 44.7 Å². The lowest BCUT2D eigenvalue weighted by molar-refractivity contribution is -0.119. The zero-order chi connectivity index (χ0) is 31.9. The van der Waals surface area contributed by atoms with Crippen LogP contribution in [0.1, 0.15) is 82.9 Å². The van der Waals surface area contributed by atoms with Gasteiger partial charge in [0.25, 0.3) is 0 Å². The third-order valence-electron chi connectivity index (χ3n) is 9.10. The van der Waals surface area contributed by atoms with Gasteiger partial charge >= 0.3 is 0 Å². The van der Waals surface area contributed by atoms with Crippen LogP contribution in [0, 0.1) is 10.8 Å². The van der Waals surface area contributed by atoms with Crippen LogP contribution in [-0.2, 0) is 22.7 Å². The quantitative estimate of drug-likeness (QED) is 0.250. The lowest BCUT2D eigenvalue weighted by Crippen LogP contribution is -2.44. The highest BCUT2D eigenvalue weighted by atomic mass is 35.5. The Morgan fingerprint density at radius 3 is 1.82 bits per heavy atom. The molecule has 0 amide bonds. The first-order valence-electron chi connectivity index (χ1n) is 15.9. The van der Waals surface area contributed by atoms with Crippen molar-refractivity contribution in [1.29, 1.82) is 0 Å². The third kappa shape index (κ3) is 6.33. The standard InChI is InChI=1S/C39H42ClNO4/c1-6-44-33-18-27(17-28(40)37(33)45-24-26-15-11-8-12-16-26)34-35-29(19-38(2,3)21-31(35)42)41(23-25-13-9-7-10-14-25)30-20-39(4,5)22-32(43)36(30)34/h7-18,34H,6,19-24H2,1-5H3. The molecule has 0 bridgehead atoms. The number of allylic oxidation sites excluding steroid dienone is 4. The van der Waals surface area contributed by atoms with Gasteiger partial charge in [-0.05, 0) is 59.4 Å². The number of carbonyl (C=O) groups excluding carboxylic acids is 2. The fourth-order valence-corrected chi connectivity index (χ4v) is 7.50. The number of benzene rings is 3. The fourth-order valence-electron chi connectivity index (χ4n) is 7.23. The van der Waals surface area contributed by atoms with Gasteiger partial charge in [-0.25, -0.2) is 0 Å². The van der Waals surface area contributed by atoms with Crippen LogP contribution in [0.2, 0.25) is 5.02 Å². The molecule has 6 heteroatoms. The first-order chi connectivity index (χ1) is 21.5. The van der Waals surface area contributed by atoms with E-state index in [0.29, 0.717) is 60.3 Å². The van der Waals surface area contributed by atoms with Crippen molar-refractivity contribution < 1.29 is 19.1 Å². The number of halogens is 1. The van der Waals surface area contributed by atoms with Gasteiger partial charge in [-0.15, -0.1) is 0 Å². The van der Waals surface area contributed by atoms with Gasteiger partial charge in [-0.3, -0.25) is 9.59 Å². The normalized spacial score (nSPS) is 19.4. The van der Waals surface area contributed by atoms with E-state index >= 15 is 0 Å². The molecule has 45 heavy (non-hydrogen) atoms. The largest absolute Gasteiger partial charge is 0.490 e. The van der Waals surface area contributed by atoms with Crippen molar-refractivity contribution in [2.75, 3.05) is 6.61 Å². The molecular weight excluding hydrogens is 582 g/mol. The summed E-state index contributed by atoms with van der Waals surface area (Å²) >= 11 is 6.99. The number of Topliss-reactive ketones (excluding diaryl/α,β-unsaturated/α-hetero) is 2. The number of nitrogens with zero attached hydrogens (tertiary/aromatic N) is 1. The fraction of sp³-hybridized carbons (Fsp3) is 0.385. The Morgan fingerprint density at radius 1 is 0.756 bits per heavy atom. The van der Waals surface area contributed by atoms with E-state index in [1.807, 2.05) is 67.6 Å². The second-order valence-corrected chi connectivity index (χ2v) is 14.6. The third-order valence-corrected chi connectivity index (χ3v) is 9.38. The SMILES string of the molecule is CCOc1cc(C2C3=C(CC(C)(C)CC3=O)N(Cc3ccccc3)C3=C2C(=O)CC(C)(C)C3)cc(Cl)c1OCc1ccccc1. The van der Waals surface area contributed by atoms with Crippen LogP contribution < -0.4 is 9.47 Å². The zero-order valence-corrected chi connectivity index (χ0v) is 27.7. The Labute approximate surface area is 271 Å². The number of ether oxygens (including phenoxy) is 2. The predicted molar refractivity (Wildman–Crippen MR) is 178 cm³/mol. The van der Waals surface area contributed by atoms with Crippen molar-refractivity contribution in [3.63, 3.8) is 0 Å².